The Hall–Kier alpha value is -3.36. The molecule has 1 amide bonds. The number of ether oxygens (including phenoxy) is 2. The van der Waals surface area contributed by atoms with Crippen molar-refractivity contribution in [3.8, 4) is 27.9 Å². The van der Waals surface area contributed by atoms with Crippen LogP contribution in [0, 0.1) is 6.92 Å². The van der Waals surface area contributed by atoms with Gasteiger partial charge in [-0.25, -0.2) is 4.98 Å². The van der Waals surface area contributed by atoms with E-state index < -0.39 is 0 Å². The van der Waals surface area contributed by atoms with Gasteiger partial charge in [-0.2, -0.15) is 9.78 Å². The van der Waals surface area contributed by atoms with E-state index in [2.05, 4.69) is 15.4 Å². The molecule has 0 fully saturated rings. The molecule has 1 N–H and O–H groups in total. The van der Waals surface area contributed by atoms with Crippen LogP contribution in [0.2, 0.25) is 5.02 Å². The Morgan fingerprint density at radius 1 is 1.16 bits per heavy atom. The Balaban J connectivity index is 1.49. The highest BCUT2D eigenvalue weighted by atomic mass is 35.5. The topological polar surface area (TPSA) is 78.3 Å². The van der Waals surface area contributed by atoms with E-state index in [1.807, 2.05) is 48.7 Å². The number of benzene rings is 2. The maximum Gasteiger partial charge on any atom is 0.263 e. The maximum atomic E-state index is 12.5. The molecular weight excluding hydrogens is 436 g/mol. The summed E-state index contributed by atoms with van der Waals surface area (Å²) in [4.78, 5) is 17.1. The molecule has 7 nitrogen and oxygen atoms in total. The van der Waals surface area contributed by atoms with Crippen molar-refractivity contribution in [3.05, 3.63) is 70.7 Å². The van der Waals surface area contributed by atoms with E-state index in [1.165, 1.54) is 11.3 Å². The standard InChI is InChI=1S/C22H19ClN4O3S/c1-14-11-20(25-21(28)12-30-19-6-4-3-5-18(19)29-2)27(26-14)22-24-17(13-31-22)15-7-9-16(23)10-8-15/h3-11,13H,12H2,1-2H3,(H,25,28). The van der Waals surface area contributed by atoms with Crippen molar-refractivity contribution < 1.29 is 14.3 Å². The zero-order valence-electron chi connectivity index (χ0n) is 16.8. The van der Waals surface area contributed by atoms with Crippen LogP contribution in [-0.4, -0.2) is 34.4 Å². The molecule has 0 saturated heterocycles. The third-order valence-corrected chi connectivity index (χ3v) is 5.41. The van der Waals surface area contributed by atoms with Crippen LogP contribution < -0.4 is 14.8 Å². The number of nitrogens with one attached hydrogen (secondary N) is 1. The number of para-hydroxylation sites is 2. The molecule has 9 heteroatoms. The molecule has 158 valence electrons. The molecule has 0 saturated carbocycles. The normalized spacial score (nSPS) is 10.7. The maximum absolute atomic E-state index is 12.5. The van der Waals surface area contributed by atoms with Crippen LogP contribution in [-0.2, 0) is 4.79 Å². The number of hydrogen-bond acceptors (Lipinski definition) is 6. The summed E-state index contributed by atoms with van der Waals surface area (Å²) in [6, 6.07) is 16.4. The van der Waals surface area contributed by atoms with E-state index in [-0.39, 0.29) is 12.5 Å². The van der Waals surface area contributed by atoms with Gasteiger partial charge in [0.05, 0.1) is 18.5 Å². The second-order valence-corrected chi connectivity index (χ2v) is 7.87. The highest BCUT2D eigenvalue weighted by Crippen LogP contribution is 2.28. The first kappa shape index (κ1) is 20.9. The molecule has 0 spiro atoms. The van der Waals surface area contributed by atoms with E-state index in [0.29, 0.717) is 27.5 Å². The van der Waals surface area contributed by atoms with E-state index in [4.69, 9.17) is 21.1 Å². The number of carbonyl (C=O) groups is 1. The monoisotopic (exact) mass is 454 g/mol. The highest BCUT2D eigenvalue weighted by Gasteiger charge is 2.15. The predicted octanol–water partition coefficient (Wildman–Crippen LogP) is 4.98. The van der Waals surface area contributed by atoms with Crippen LogP contribution in [0.5, 0.6) is 11.5 Å². The molecule has 4 aromatic rings. The number of nitrogens with zero attached hydrogens (tertiary/aromatic N) is 3. The van der Waals surface area contributed by atoms with Crippen molar-refractivity contribution in [2.45, 2.75) is 6.92 Å². The number of aryl methyl sites for hydroxylation is 1. The van der Waals surface area contributed by atoms with Gasteiger partial charge in [-0.05, 0) is 31.2 Å². The molecule has 2 aromatic heterocycles. The lowest BCUT2D eigenvalue weighted by atomic mass is 10.2. The summed E-state index contributed by atoms with van der Waals surface area (Å²) in [6.07, 6.45) is 0. The molecule has 0 bridgehead atoms. The minimum absolute atomic E-state index is 0.168. The molecule has 0 aliphatic carbocycles. The lowest BCUT2D eigenvalue weighted by Crippen LogP contribution is -2.22. The third kappa shape index (κ3) is 4.87. The van der Waals surface area contributed by atoms with Crippen LogP contribution in [0.15, 0.2) is 60.0 Å². The summed E-state index contributed by atoms with van der Waals surface area (Å²) in [5.41, 5.74) is 2.51. The number of carbonyl (C=O) groups excluding carboxylic acids is 1. The number of thiazole rings is 1. The molecule has 0 aliphatic heterocycles. The number of aromatic nitrogens is 3. The van der Waals surface area contributed by atoms with Gasteiger partial charge in [0.25, 0.3) is 5.91 Å². The molecule has 2 heterocycles. The van der Waals surface area contributed by atoms with Crippen molar-refractivity contribution in [3.63, 3.8) is 0 Å². The zero-order chi connectivity index (χ0) is 21.8. The van der Waals surface area contributed by atoms with E-state index in [9.17, 15) is 4.79 Å². The first-order valence-electron chi connectivity index (χ1n) is 9.37. The van der Waals surface area contributed by atoms with Crippen molar-refractivity contribution in [1.82, 2.24) is 14.8 Å². The fourth-order valence-corrected chi connectivity index (χ4v) is 3.83. The van der Waals surface area contributed by atoms with Crippen LogP contribution in [0.1, 0.15) is 5.69 Å². The van der Waals surface area contributed by atoms with Gasteiger partial charge >= 0.3 is 0 Å². The highest BCUT2D eigenvalue weighted by molar-refractivity contribution is 7.12. The quantitative estimate of drug-likeness (QED) is 0.426. The van der Waals surface area contributed by atoms with Gasteiger partial charge in [0.1, 0.15) is 5.82 Å². The second kappa shape index (κ2) is 9.20. The van der Waals surface area contributed by atoms with Crippen LogP contribution in [0.3, 0.4) is 0 Å². The molecule has 2 aromatic carbocycles. The fraction of sp³-hybridized carbons (Fsp3) is 0.136. The number of rotatable bonds is 7. The number of methoxy groups -OCH3 is 1. The average Bonchev–Trinajstić information content (AvgIpc) is 3.39. The molecule has 4 rings (SSSR count). The van der Waals surface area contributed by atoms with Crippen LogP contribution >= 0.6 is 22.9 Å². The molecule has 31 heavy (non-hydrogen) atoms. The molecular formula is C22H19ClN4O3S. The molecule has 0 unspecified atom stereocenters. The van der Waals surface area contributed by atoms with Crippen LogP contribution in [0.4, 0.5) is 5.82 Å². The Kier molecular flexibility index (Phi) is 6.20. The summed E-state index contributed by atoms with van der Waals surface area (Å²) < 4.78 is 12.4. The Morgan fingerprint density at radius 2 is 1.90 bits per heavy atom. The first-order valence-corrected chi connectivity index (χ1v) is 10.6. The van der Waals surface area contributed by atoms with Crippen molar-refractivity contribution in [1.29, 1.82) is 0 Å². The van der Waals surface area contributed by atoms with Gasteiger partial charge in [0, 0.05) is 22.0 Å². The van der Waals surface area contributed by atoms with E-state index >= 15 is 0 Å². The minimum Gasteiger partial charge on any atom is -0.493 e. The van der Waals surface area contributed by atoms with Gasteiger partial charge in [-0.15, -0.1) is 11.3 Å². The fourth-order valence-electron chi connectivity index (χ4n) is 2.91. The van der Waals surface area contributed by atoms with Gasteiger partial charge in [-0.1, -0.05) is 35.9 Å². The largest absolute Gasteiger partial charge is 0.493 e. The lowest BCUT2D eigenvalue weighted by Gasteiger charge is -2.10. The van der Waals surface area contributed by atoms with Crippen LogP contribution in [0.25, 0.3) is 16.4 Å². The second-order valence-electron chi connectivity index (χ2n) is 6.59. The van der Waals surface area contributed by atoms with Crippen molar-refractivity contribution >= 4 is 34.7 Å². The van der Waals surface area contributed by atoms with Crippen molar-refractivity contribution in [2.75, 3.05) is 19.0 Å². The predicted molar refractivity (Wildman–Crippen MR) is 122 cm³/mol. The zero-order valence-corrected chi connectivity index (χ0v) is 18.4. The summed E-state index contributed by atoms with van der Waals surface area (Å²) in [5, 5.41) is 10.6. The summed E-state index contributed by atoms with van der Waals surface area (Å²) in [6.45, 7) is 1.68. The lowest BCUT2D eigenvalue weighted by molar-refractivity contribution is -0.118. The van der Waals surface area contributed by atoms with Crippen molar-refractivity contribution in [2.24, 2.45) is 0 Å². The van der Waals surface area contributed by atoms with Gasteiger partial charge in [0.2, 0.25) is 5.13 Å². The van der Waals surface area contributed by atoms with Gasteiger partial charge < -0.3 is 14.8 Å². The molecule has 0 atom stereocenters. The molecule has 0 aliphatic rings. The summed E-state index contributed by atoms with van der Waals surface area (Å²) in [5.74, 6) is 1.26. The SMILES string of the molecule is COc1ccccc1OCC(=O)Nc1cc(C)nn1-c1nc(-c2ccc(Cl)cc2)cs1. The first-order chi connectivity index (χ1) is 15.0. The minimum atomic E-state index is -0.318. The van der Waals surface area contributed by atoms with Gasteiger partial charge in [-0.3, -0.25) is 4.79 Å². The number of hydrogen-bond donors (Lipinski definition) is 1. The Morgan fingerprint density at radius 3 is 2.65 bits per heavy atom. The number of amides is 1. The summed E-state index contributed by atoms with van der Waals surface area (Å²) in [7, 11) is 1.55. The van der Waals surface area contributed by atoms with E-state index in [1.54, 1.807) is 30.0 Å². The summed E-state index contributed by atoms with van der Waals surface area (Å²) >= 11 is 7.39. The average molecular weight is 455 g/mol. The Labute approximate surface area is 188 Å². The van der Waals surface area contributed by atoms with E-state index in [0.717, 1.165) is 17.0 Å². The smallest absolute Gasteiger partial charge is 0.263 e. The number of halogens is 1. The molecule has 0 radical (unpaired) electrons. The number of anilines is 1. The Bertz CT molecular complexity index is 1200. The third-order valence-electron chi connectivity index (χ3n) is 4.34. The van der Waals surface area contributed by atoms with Gasteiger partial charge in [0.15, 0.2) is 18.1 Å².